The second kappa shape index (κ2) is 3.90. The van der Waals surface area contributed by atoms with Gasteiger partial charge in [-0.15, -0.1) is 0 Å². The van der Waals surface area contributed by atoms with Crippen molar-refractivity contribution in [3.8, 4) is 0 Å². The van der Waals surface area contributed by atoms with Gasteiger partial charge in [-0.1, -0.05) is 45.1 Å². The highest BCUT2D eigenvalue weighted by Gasteiger charge is 2.31. The lowest BCUT2D eigenvalue weighted by Crippen LogP contribution is -2.31. The van der Waals surface area contributed by atoms with Crippen LogP contribution < -0.4 is 0 Å². The fourth-order valence-corrected chi connectivity index (χ4v) is 2.00. The summed E-state index contributed by atoms with van der Waals surface area (Å²) in [5.41, 5.74) is -0.371. The fourth-order valence-electron chi connectivity index (χ4n) is 2.00. The van der Waals surface area contributed by atoms with Crippen molar-refractivity contribution in [2.24, 2.45) is 11.3 Å². The van der Waals surface area contributed by atoms with Crippen LogP contribution in [-0.4, -0.2) is 10.7 Å². The molecule has 1 rings (SSSR count). The number of aliphatic hydroxyl groups is 1. The lowest BCUT2D eigenvalue weighted by Gasteiger charge is -2.35. The van der Waals surface area contributed by atoms with Gasteiger partial charge in [-0.05, 0) is 31.1 Å². The summed E-state index contributed by atoms with van der Waals surface area (Å²) in [6, 6.07) is 0. The van der Waals surface area contributed by atoms with Gasteiger partial charge in [-0.2, -0.15) is 0 Å². The molecule has 0 saturated heterocycles. The molecule has 1 heteroatoms. The van der Waals surface area contributed by atoms with Gasteiger partial charge in [0.05, 0.1) is 0 Å². The lowest BCUT2D eigenvalue weighted by molar-refractivity contribution is 0.103. The first kappa shape index (κ1) is 11.5. The Morgan fingerprint density at radius 1 is 1.43 bits per heavy atom. The molecule has 1 N–H and O–H groups in total. The van der Waals surface area contributed by atoms with E-state index in [1.807, 2.05) is 25.2 Å². The Morgan fingerprint density at radius 3 is 2.43 bits per heavy atom. The molecule has 0 bridgehead atoms. The van der Waals surface area contributed by atoms with Crippen molar-refractivity contribution < 1.29 is 5.11 Å². The maximum atomic E-state index is 10.1. The number of allylic oxidation sites excluding steroid dienone is 2. The summed E-state index contributed by atoms with van der Waals surface area (Å²) in [6.07, 6.45) is 9.83. The topological polar surface area (TPSA) is 20.2 Å². The lowest BCUT2D eigenvalue weighted by atomic mass is 9.72. The minimum Gasteiger partial charge on any atom is -0.382 e. The molecule has 14 heavy (non-hydrogen) atoms. The molecule has 0 radical (unpaired) electrons. The van der Waals surface area contributed by atoms with Gasteiger partial charge in [-0.25, -0.2) is 0 Å². The summed E-state index contributed by atoms with van der Waals surface area (Å²) >= 11 is 0. The minimum absolute atomic E-state index is 0.313. The Kier molecular flexibility index (Phi) is 3.20. The molecule has 0 aromatic heterocycles. The Labute approximate surface area is 87.5 Å². The molecular formula is C13H22O. The van der Waals surface area contributed by atoms with E-state index in [1.165, 1.54) is 0 Å². The van der Waals surface area contributed by atoms with Crippen LogP contribution in [-0.2, 0) is 0 Å². The first-order chi connectivity index (χ1) is 6.37. The highest BCUT2D eigenvalue weighted by molar-refractivity contribution is 5.18. The van der Waals surface area contributed by atoms with Gasteiger partial charge in [0, 0.05) is 0 Å². The molecule has 1 nitrogen and oxygen atoms in total. The Balaban J connectivity index is 2.73. The van der Waals surface area contributed by atoms with Crippen LogP contribution in [0.15, 0.2) is 24.3 Å². The second-order valence-electron chi connectivity index (χ2n) is 5.36. The number of rotatable bonds is 1. The third-order valence-corrected chi connectivity index (χ3v) is 3.04. The minimum atomic E-state index is -0.684. The van der Waals surface area contributed by atoms with E-state index >= 15 is 0 Å². The maximum absolute atomic E-state index is 10.1. The van der Waals surface area contributed by atoms with Gasteiger partial charge in [0.2, 0.25) is 0 Å². The van der Waals surface area contributed by atoms with Crippen molar-refractivity contribution in [3.63, 3.8) is 0 Å². The van der Waals surface area contributed by atoms with Crippen LogP contribution in [0.25, 0.3) is 0 Å². The third-order valence-electron chi connectivity index (χ3n) is 3.04. The first-order valence-corrected chi connectivity index (χ1v) is 5.43. The predicted molar refractivity (Wildman–Crippen MR) is 61.1 cm³/mol. The van der Waals surface area contributed by atoms with E-state index in [2.05, 4.69) is 26.8 Å². The van der Waals surface area contributed by atoms with Crippen molar-refractivity contribution in [3.05, 3.63) is 24.3 Å². The Morgan fingerprint density at radius 2 is 2.07 bits per heavy atom. The van der Waals surface area contributed by atoms with E-state index in [0.29, 0.717) is 11.3 Å². The van der Waals surface area contributed by atoms with E-state index in [4.69, 9.17) is 0 Å². The van der Waals surface area contributed by atoms with E-state index in [0.717, 1.165) is 12.8 Å². The Bertz CT molecular complexity index is 244. The highest BCUT2D eigenvalue weighted by atomic mass is 16.3. The van der Waals surface area contributed by atoms with Crippen LogP contribution in [0.1, 0.15) is 40.5 Å². The van der Waals surface area contributed by atoms with Gasteiger partial charge < -0.3 is 5.11 Å². The van der Waals surface area contributed by atoms with Crippen molar-refractivity contribution in [1.29, 1.82) is 0 Å². The smallest absolute Gasteiger partial charge is 0.101 e. The van der Waals surface area contributed by atoms with Crippen LogP contribution in [0.3, 0.4) is 0 Å². The van der Waals surface area contributed by atoms with Crippen LogP contribution in [0, 0.1) is 11.3 Å². The molecule has 0 fully saturated rings. The van der Waals surface area contributed by atoms with Crippen molar-refractivity contribution in [2.45, 2.75) is 46.1 Å². The summed E-state index contributed by atoms with van der Waals surface area (Å²) in [6.45, 7) is 8.70. The molecule has 0 spiro atoms. The van der Waals surface area contributed by atoms with E-state index in [-0.39, 0.29) is 0 Å². The molecule has 0 aromatic carbocycles. The molecule has 1 aliphatic carbocycles. The van der Waals surface area contributed by atoms with Gasteiger partial charge in [0.1, 0.15) is 5.60 Å². The molecule has 0 aliphatic heterocycles. The van der Waals surface area contributed by atoms with Crippen LogP contribution in [0.2, 0.25) is 0 Å². The standard InChI is InChI=1S/C13H22O/c1-5-8-13(14)9-6-11(7-10-13)12(2,3)4/h5-6,8-9,11,14H,7,10H2,1-4H3/b8-5+. The molecule has 2 unspecified atom stereocenters. The summed E-state index contributed by atoms with van der Waals surface area (Å²) < 4.78 is 0. The van der Waals surface area contributed by atoms with E-state index in [1.54, 1.807) is 0 Å². The molecule has 0 heterocycles. The van der Waals surface area contributed by atoms with Gasteiger partial charge in [-0.3, -0.25) is 0 Å². The third kappa shape index (κ3) is 2.71. The summed E-state index contributed by atoms with van der Waals surface area (Å²) in [7, 11) is 0. The van der Waals surface area contributed by atoms with Gasteiger partial charge in [0.15, 0.2) is 0 Å². The molecule has 1 aliphatic rings. The van der Waals surface area contributed by atoms with Crippen molar-refractivity contribution in [1.82, 2.24) is 0 Å². The SMILES string of the molecule is C/C=C/C1(O)C=CC(C(C)(C)C)CC1. The van der Waals surface area contributed by atoms with E-state index < -0.39 is 5.60 Å². The quantitative estimate of drug-likeness (QED) is 0.635. The average molecular weight is 194 g/mol. The van der Waals surface area contributed by atoms with Crippen LogP contribution in [0.4, 0.5) is 0 Å². The van der Waals surface area contributed by atoms with Crippen molar-refractivity contribution in [2.75, 3.05) is 0 Å². The van der Waals surface area contributed by atoms with Crippen LogP contribution in [0.5, 0.6) is 0 Å². The Hall–Kier alpha value is -0.560. The second-order valence-corrected chi connectivity index (χ2v) is 5.36. The zero-order valence-electron chi connectivity index (χ0n) is 9.75. The average Bonchev–Trinajstić information content (AvgIpc) is 2.03. The molecule has 80 valence electrons. The number of hydrogen-bond donors (Lipinski definition) is 1. The largest absolute Gasteiger partial charge is 0.382 e. The normalized spacial score (nSPS) is 33.9. The zero-order valence-corrected chi connectivity index (χ0v) is 9.75. The number of hydrogen-bond acceptors (Lipinski definition) is 1. The first-order valence-electron chi connectivity index (χ1n) is 5.43. The van der Waals surface area contributed by atoms with E-state index in [9.17, 15) is 5.11 Å². The van der Waals surface area contributed by atoms with Gasteiger partial charge >= 0.3 is 0 Å². The van der Waals surface area contributed by atoms with Crippen LogP contribution >= 0.6 is 0 Å². The summed E-state index contributed by atoms with van der Waals surface area (Å²) in [5, 5.41) is 10.1. The summed E-state index contributed by atoms with van der Waals surface area (Å²) in [4.78, 5) is 0. The molecular weight excluding hydrogens is 172 g/mol. The van der Waals surface area contributed by atoms with Crippen molar-refractivity contribution >= 4 is 0 Å². The fraction of sp³-hybridized carbons (Fsp3) is 0.692. The monoisotopic (exact) mass is 194 g/mol. The zero-order chi connectivity index (χ0) is 10.8. The highest BCUT2D eigenvalue weighted by Crippen LogP contribution is 2.37. The predicted octanol–water partition coefficient (Wildman–Crippen LogP) is 3.31. The summed E-state index contributed by atoms with van der Waals surface area (Å²) in [5.74, 6) is 0.591. The van der Waals surface area contributed by atoms with Gasteiger partial charge in [0.25, 0.3) is 0 Å². The molecule has 2 atom stereocenters. The molecule has 0 aromatic rings. The molecule has 0 amide bonds. The maximum Gasteiger partial charge on any atom is 0.101 e. The molecule has 0 saturated carbocycles.